The first-order valence-corrected chi connectivity index (χ1v) is 9.10. The van der Waals surface area contributed by atoms with Crippen LogP contribution in [0, 0.1) is 13.8 Å². The molecule has 0 saturated carbocycles. The molecule has 1 atom stereocenters. The van der Waals surface area contributed by atoms with Crippen molar-refractivity contribution in [3.8, 4) is 11.5 Å². The van der Waals surface area contributed by atoms with Crippen LogP contribution in [0.1, 0.15) is 60.9 Å². The average Bonchev–Trinajstić information content (AvgIpc) is 2.56. The summed E-state index contributed by atoms with van der Waals surface area (Å²) in [5.41, 5.74) is 10.9. The van der Waals surface area contributed by atoms with Gasteiger partial charge in [-0.2, -0.15) is 0 Å². The van der Waals surface area contributed by atoms with Crippen LogP contribution in [0.2, 0.25) is 0 Å². The number of aryl methyl sites for hydroxylation is 2. The van der Waals surface area contributed by atoms with Crippen LogP contribution in [0.5, 0.6) is 11.5 Å². The van der Waals surface area contributed by atoms with Crippen molar-refractivity contribution in [1.29, 1.82) is 0 Å². The molecule has 26 heavy (non-hydrogen) atoms. The molecule has 1 unspecified atom stereocenters. The third kappa shape index (κ3) is 4.57. The van der Waals surface area contributed by atoms with Crippen molar-refractivity contribution in [2.24, 2.45) is 5.73 Å². The van der Waals surface area contributed by atoms with Crippen molar-refractivity contribution >= 4 is 5.91 Å². The van der Waals surface area contributed by atoms with Gasteiger partial charge in [-0.15, -0.1) is 0 Å². The molecule has 0 aliphatic carbocycles. The number of rotatable bonds is 7. The first kappa shape index (κ1) is 19.8. The summed E-state index contributed by atoms with van der Waals surface area (Å²) < 4.78 is 5.75. The Morgan fingerprint density at radius 3 is 2.27 bits per heavy atom. The Bertz CT molecular complexity index is 773. The van der Waals surface area contributed by atoms with E-state index in [2.05, 4.69) is 19.9 Å². The molecule has 0 radical (unpaired) electrons. The van der Waals surface area contributed by atoms with Crippen molar-refractivity contribution in [1.82, 2.24) is 0 Å². The predicted molar refractivity (Wildman–Crippen MR) is 105 cm³/mol. The molecule has 0 bridgehead atoms. The summed E-state index contributed by atoms with van der Waals surface area (Å²) in [6, 6.07) is 9.72. The lowest BCUT2D eigenvalue weighted by molar-refractivity contribution is -0.124. The number of carbonyl (C=O) groups excluding carboxylic acids is 1. The minimum absolute atomic E-state index is 0.271. The highest BCUT2D eigenvalue weighted by atomic mass is 16.5. The van der Waals surface area contributed by atoms with Gasteiger partial charge in [0.15, 0.2) is 6.10 Å². The van der Waals surface area contributed by atoms with E-state index in [1.54, 1.807) is 6.07 Å². The largest absolute Gasteiger partial charge is 0.508 e. The van der Waals surface area contributed by atoms with Crippen LogP contribution in [0.3, 0.4) is 0 Å². The van der Waals surface area contributed by atoms with Gasteiger partial charge in [0.25, 0.3) is 5.91 Å². The zero-order chi connectivity index (χ0) is 19.4. The van der Waals surface area contributed by atoms with E-state index in [9.17, 15) is 9.90 Å². The molecule has 2 rings (SSSR count). The van der Waals surface area contributed by atoms with Crippen LogP contribution < -0.4 is 10.5 Å². The first-order chi connectivity index (χ1) is 12.2. The van der Waals surface area contributed by atoms with Crippen LogP contribution in [0.15, 0.2) is 30.3 Å². The maximum atomic E-state index is 11.4. The van der Waals surface area contributed by atoms with Gasteiger partial charge in [0.1, 0.15) is 11.5 Å². The third-order valence-corrected chi connectivity index (χ3v) is 4.73. The molecule has 0 saturated heterocycles. The number of nitrogens with two attached hydrogens (primary N) is 1. The van der Waals surface area contributed by atoms with Gasteiger partial charge < -0.3 is 15.6 Å². The Hall–Kier alpha value is -2.49. The maximum Gasteiger partial charge on any atom is 0.258 e. The van der Waals surface area contributed by atoms with E-state index in [1.165, 1.54) is 5.56 Å². The van der Waals surface area contributed by atoms with Crippen LogP contribution in [-0.2, 0) is 11.2 Å². The number of ether oxygens (including phenoxy) is 1. The molecule has 0 aliphatic rings. The van der Waals surface area contributed by atoms with Crippen LogP contribution >= 0.6 is 0 Å². The normalized spacial score (nSPS) is 12.2. The second-order valence-electron chi connectivity index (χ2n) is 7.18. The van der Waals surface area contributed by atoms with Crippen molar-refractivity contribution in [2.75, 3.05) is 0 Å². The minimum atomic E-state index is -0.606. The molecular weight excluding hydrogens is 326 g/mol. The molecule has 2 aromatic rings. The summed E-state index contributed by atoms with van der Waals surface area (Å²) in [5.74, 6) is 0.839. The molecule has 4 heteroatoms. The Labute approximate surface area is 156 Å². The number of benzene rings is 2. The Morgan fingerprint density at radius 2 is 1.77 bits per heavy atom. The summed E-state index contributed by atoms with van der Waals surface area (Å²) in [7, 11) is 0. The van der Waals surface area contributed by atoms with E-state index >= 15 is 0 Å². The number of primary amides is 1. The van der Waals surface area contributed by atoms with Crippen molar-refractivity contribution in [3.05, 3.63) is 58.1 Å². The van der Waals surface area contributed by atoms with Gasteiger partial charge in [0.05, 0.1) is 0 Å². The lowest BCUT2D eigenvalue weighted by Gasteiger charge is -2.18. The number of phenolic OH excluding ortho intramolecular Hbond substituents is 1. The van der Waals surface area contributed by atoms with Gasteiger partial charge in [0, 0.05) is 0 Å². The summed E-state index contributed by atoms with van der Waals surface area (Å²) in [5, 5.41) is 10.0. The lowest BCUT2D eigenvalue weighted by Crippen LogP contribution is -2.33. The molecule has 140 valence electrons. The van der Waals surface area contributed by atoms with E-state index in [4.69, 9.17) is 10.5 Å². The second kappa shape index (κ2) is 8.26. The molecule has 0 fully saturated rings. The van der Waals surface area contributed by atoms with E-state index in [0.717, 1.165) is 28.7 Å². The van der Waals surface area contributed by atoms with Crippen LogP contribution in [0.25, 0.3) is 0 Å². The fraction of sp³-hybridized carbons (Fsp3) is 0.409. The third-order valence-electron chi connectivity index (χ3n) is 4.73. The smallest absolute Gasteiger partial charge is 0.258 e. The van der Waals surface area contributed by atoms with Gasteiger partial charge >= 0.3 is 0 Å². The van der Waals surface area contributed by atoms with Crippen molar-refractivity contribution in [3.63, 3.8) is 0 Å². The number of carbonyl (C=O) groups is 1. The van der Waals surface area contributed by atoms with Crippen LogP contribution in [-0.4, -0.2) is 17.1 Å². The molecule has 1 amide bonds. The molecule has 4 nitrogen and oxygen atoms in total. The van der Waals surface area contributed by atoms with Crippen LogP contribution in [0.4, 0.5) is 0 Å². The number of aromatic hydroxyl groups is 1. The molecule has 0 spiro atoms. The summed E-state index contributed by atoms with van der Waals surface area (Å²) in [6.07, 6.45) is 0.719. The van der Waals surface area contributed by atoms with Gasteiger partial charge in [-0.3, -0.25) is 4.79 Å². The highest BCUT2D eigenvalue weighted by molar-refractivity contribution is 5.79. The van der Waals surface area contributed by atoms with Gasteiger partial charge in [-0.05, 0) is 78.6 Å². The molecule has 0 aliphatic heterocycles. The number of hydrogen-bond acceptors (Lipinski definition) is 3. The predicted octanol–water partition coefficient (Wildman–Crippen LogP) is 4.37. The lowest BCUT2D eigenvalue weighted by atomic mass is 9.93. The molecular formula is C22H29NO3. The SMILES string of the molecule is CCC(Oc1cc(C)c(Cc2ccc(O)c(C(C)C)c2)c(C)c1)C(N)=O. The number of hydrogen-bond donors (Lipinski definition) is 2. The maximum absolute atomic E-state index is 11.4. The van der Waals surface area contributed by atoms with Crippen molar-refractivity contribution in [2.45, 2.75) is 59.5 Å². The molecule has 0 aromatic heterocycles. The first-order valence-electron chi connectivity index (χ1n) is 9.10. The highest BCUT2D eigenvalue weighted by Gasteiger charge is 2.16. The fourth-order valence-electron chi connectivity index (χ4n) is 3.19. The quantitative estimate of drug-likeness (QED) is 0.775. The van der Waals surface area contributed by atoms with Crippen molar-refractivity contribution < 1.29 is 14.6 Å². The van der Waals surface area contributed by atoms with Gasteiger partial charge in [-0.1, -0.05) is 32.9 Å². The zero-order valence-electron chi connectivity index (χ0n) is 16.3. The van der Waals surface area contributed by atoms with Gasteiger partial charge in [0.2, 0.25) is 0 Å². The summed E-state index contributed by atoms with van der Waals surface area (Å²) in [4.78, 5) is 11.4. The Kier molecular flexibility index (Phi) is 6.30. The topological polar surface area (TPSA) is 72.6 Å². The van der Waals surface area contributed by atoms with E-state index < -0.39 is 12.0 Å². The summed E-state index contributed by atoms with van der Waals surface area (Å²) >= 11 is 0. The average molecular weight is 355 g/mol. The number of phenols is 1. The Morgan fingerprint density at radius 1 is 1.15 bits per heavy atom. The molecule has 3 N–H and O–H groups in total. The Balaban J connectivity index is 2.29. The van der Waals surface area contributed by atoms with E-state index in [-0.39, 0.29) is 5.92 Å². The molecule has 2 aromatic carbocycles. The second-order valence-corrected chi connectivity index (χ2v) is 7.18. The van der Waals surface area contributed by atoms with Gasteiger partial charge in [-0.25, -0.2) is 0 Å². The minimum Gasteiger partial charge on any atom is -0.508 e. The molecule has 0 heterocycles. The zero-order valence-corrected chi connectivity index (χ0v) is 16.3. The summed E-state index contributed by atoms with van der Waals surface area (Å²) in [6.45, 7) is 10.1. The van der Waals surface area contributed by atoms with E-state index in [0.29, 0.717) is 17.9 Å². The van der Waals surface area contributed by atoms with E-state index in [1.807, 2.05) is 39.0 Å². The number of amides is 1. The monoisotopic (exact) mass is 355 g/mol. The fourth-order valence-corrected chi connectivity index (χ4v) is 3.19. The standard InChI is InChI=1S/C22H29NO3/c1-6-21(22(23)25)26-17-9-14(4)19(15(5)10-17)12-16-7-8-20(24)18(11-16)13(2)3/h7-11,13,21,24H,6,12H2,1-5H3,(H2,23,25). The highest BCUT2D eigenvalue weighted by Crippen LogP contribution is 2.29.